The number of aromatic nitrogens is 3. The van der Waals surface area contributed by atoms with Gasteiger partial charge in [-0.05, 0) is 12.1 Å². The number of hydrogen-bond donors (Lipinski definition) is 0. The summed E-state index contributed by atoms with van der Waals surface area (Å²) in [4.78, 5) is 22.9. The van der Waals surface area contributed by atoms with Gasteiger partial charge in [0.05, 0.1) is 5.52 Å². The van der Waals surface area contributed by atoms with E-state index in [1.165, 1.54) is 11.3 Å². The predicted molar refractivity (Wildman–Crippen MR) is 81.8 cm³/mol. The van der Waals surface area contributed by atoms with E-state index in [0.717, 1.165) is 20.9 Å². The molecule has 104 valence electrons. The highest BCUT2D eigenvalue weighted by atomic mass is 32.1. The van der Waals surface area contributed by atoms with E-state index in [1.807, 2.05) is 34.2 Å². The first-order valence-electron chi connectivity index (χ1n) is 6.22. The number of hydrogen-bond acceptors (Lipinski definition) is 6. The summed E-state index contributed by atoms with van der Waals surface area (Å²) in [7, 11) is 0. The summed E-state index contributed by atoms with van der Waals surface area (Å²) >= 11 is 2.93. The number of nitrogens with zero attached hydrogens (tertiary/aromatic N) is 3. The van der Waals surface area contributed by atoms with Gasteiger partial charge >= 0.3 is 5.97 Å². The van der Waals surface area contributed by atoms with E-state index < -0.39 is 0 Å². The van der Waals surface area contributed by atoms with Crippen LogP contribution in [-0.4, -0.2) is 20.3 Å². The quantitative estimate of drug-likeness (QED) is 0.544. The summed E-state index contributed by atoms with van der Waals surface area (Å²) in [5.74, 6) is -0.328. The van der Waals surface area contributed by atoms with Crippen LogP contribution in [0.5, 0.6) is 0 Å². The molecular formula is C14H9N3O2S2. The molecule has 4 aromatic rings. The minimum Gasteiger partial charge on any atom is -0.457 e. The number of imidazole rings is 1. The van der Waals surface area contributed by atoms with E-state index in [1.54, 1.807) is 23.7 Å². The number of ether oxygens (including phenoxy) is 1. The van der Waals surface area contributed by atoms with Gasteiger partial charge in [-0.25, -0.2) is 9.78 Å². The Morgan fingerprint density at radius 1 is 1.43 bits per heavy atom. The molecule has 0 radical (unpaired) electrons. The molecule has 4 heterocycles. The van der Waals surface area contributed by atoms with Gasteiger partial charge in [-0.3, -0.25) is 9.38 Å². The second-order valence-electron chi connectivity index (χ2n) is 4.41. The molecule has 0 amide bonds. The monoisotopic (exact) mass is 315 g/mol. The van der Waals surface area contributed by atoms with Crippen molar-refractivity contribution >= 4 is 44.0 Å². The number of thiazole rings is 1. The smallest absolute Gasteiger partial charge is 0.348 e. The Kier molecular flexibility index (Phi) is 2.94. The highest BCUT2D eigenvalue weighted by Gasteiger charge is 2.16. The van der Waals surface area contributed by atoms with Crippen molar-refractivity contribution in [2.45, 2.75) is 6.61 Å². The predicted octanol–water partition coefficient (Wildman–Crippen LogP) is 3.36. The largest absolute Gasteiger partial charge is 0.457 e. The average molecular weight is 315 g/mol. The molecule has 0 fully saturated rings. The number of carbonyl (C=O) groups is 1. The third-order valence-electron chi connectivity index (χ3n) is 3.03. The molecule has 5 nitrogen and oxygen atoms in total. The van der Waals surface area contributed by atoms with E-state index in [9.17, 15) is 4.79 Å². The van der Waals surface area contributed by atoms with Crippen LogP contribution < -0.4 is 0 Å². The third kappa shape index (κ3) is 2.20. The lowest BCUT2D eigenvalue weighted by Gasteiger charge is -2.02. The van der Waals surface area contributed by atoms with Crippen molar-refractivity contribution in [2.24, 2.45) is 0 Å². The van der Waals surface area contributed by atoms with Crippen LogP contribution in [0, 0.1) is 0 Å². The molecular weight excluding hydrogens is 306 g/mol. The second kappa shape index (κ2) is 4.94. The average Bonchev–Trinajstić information content (AvgIpc) is 3.17. The van der Waals surface area contributed by atoms with Crippen molar-refractivity contribution in [3.63, 3.8) is 0 Å². The van der Waals surface area contributed by atoms with E-state index in [0.29, 0.717) is 4.88 Å². The molecule has 0 spiro atoms. The molecule has 0 saturated carbocycles. The van der Waals surface area contributed by atoms with Crippen LogP contribution in [-0.2, 0) is 11.3 Å². The molecule has 7 heteroatoms. The molecule has 0 unspecified atom stereocenters. The Balaban J connectivity index is 1.57. The second-order valence-corrected chi connectivity index (χ2v) is 6.31. The van der Waals surface area contributed by atoms with Gasteiger partial charge in [-0.15, -0.1) is 22.7 Å². The fraction of sp³-hybridized carbons (Fsp3) is 0.0714. The fourth-order valence-corrected chi connectivity index (χ4v) is 3.75. The standard InChI is InChI=1S/C14H9N3O2S2/c18-13(19-8-9-2-1-3-15-7-9)11-6-10-12(21-11)16-14-17(10)4-5-20-14/h1-7H,8H2. The highest BCUT2D eigenvalue weighted by Crippen LogP contribution is 2.28. The molecule has 0 aromatic carbocycles. The van der Waals surface area contributed by atoms with Gasteiger partial charge in [0.25, 0.3) is 0 Å². The van der Waals surface area contributed by atoms with Crippen molar-refractivity contribution in [1.82, 2.24) is 14.4 Å². The van der Waals surface area contributed by atoms with Crippen molar-refractivity contribution in [2.75, 3.05) is 0 Å². The van der Waals surface area contributed by atoms with Crippen molar-refractivity contribution in [1.29, 1.82) is 0 Å². The Morgan fingerprint density at radius 3 is 3.24 bits per heavy atom. The highest BCUT2D eigenvalue weighted by molar-refractivity contribution is 7.21. The lowest BCUT2D eigenvalue weighted by molar-refractivity contribution is 0.0478. The summed E-state index contributed by atoms with van der Waals surface area (Å²) in [6, 6.07) is 5.52. The van der Waals surface area contributed by atoms with Crippen LogP contribution in [0.15, 0.2) is 42.2 Å². The lowest BCUT2D eigenvalue weighted by Crippen LogP contribution is -2.03. The zero-order valence-electron chi connectivity index (χ0n) is 10.7. The Morgan fingerprint density at radius 2 is 2.38 bits per heavy atom. The maximum atomic E-state index is 12.1. The first-order valence-corrected chi connectivity index (χ1v) is 7.92. The molecule has 0 aliphatic heterocycles. The summed E-state index contributed by atoms with van der Waals surface area (Å²) in [5.41, 5.74) is 1.82. The Labute approximate surface area is 127 Å². The number of pyridine rings is 1. The van der Waals surface area contributed by atoms with E-state index >= 15 is 0 Å². The fourth-order valence-electron chi connectivity index (χ4n) is 2.05. The van der Waals surface area contributed by atoms with Gasteiger partial charge in [0.1, 0.15) is 16.3 Å². The van der Waals surface area contributed by atoms with Crippen molar-refractivity contribution < 1.29 is 9.53 Å². The summed E-state index contributed by atoms with van der Waals surface area (Å²) in [6.07, 6.45) is 5.32. The van der Waals surface area contributed by atoms with Crippen LogP contribution in [0.3, 0.4) is 0 Å². The molecule has 4 aromatic heterocycles. The Bertz CT molecular complexity index is 924. The minimum atomic E-state index is -0.328. The van der Waals surface area contributed by atoms with Crippen molar-refractivity contribution in [3.8, 4) is 0 Å². The van der Waals surface area contributed by atoms with Crippen LogP contribution in [0.25, 0.3) is 15.3 Å². The van der Waals surface area contributed by atoms with Gasteiger partial charge in [0, 0.05) is 29.5 Å². The molecule has 0 aliphatic carbocycles. The Hall–Kier alpha value is -2.25. The first-order chi connectivity index (χ1) is 10.3. The zero-order valence-corrected chi connectivity index (χ0v) is 12.4. The molecule has 4 rings (SSSR count). The van der Waals surface area contributed by atoms with Gasteiger partial charge < -0.3 is 4.74 Å². The molecule has 0 N–H and O–H groups in total. The molecule has 0 aliphatic rings. The number of fused-ring (bicyclic) bond motifs is 3. The summed E-state index contributed by atoms with van der Waals surface area (Å²) in [5, 5.41) is 1.97. The number of rotatable bonds is 3. The summed E-state index contributed by atoms with van der Waals surface area (Å²) in [6.45, 7) is 0.225. The van der Waals surface area contributed by atoms with Gasteiger partial charge in [0.15, 0.2) is 4.96 Å². The minimum absolute atomic E-state index is 0.225. The van der Waals surface area contributed by atoms with Crippen LogP contribution in [0.2, 0.25) is 0 Å². The van der Waals surface area contributed by atoms with Crippen LogP contribution in [0.1, 0.15) is 15.2 Å². The molecule has 0 bridgehead atoms. The van der Waals surface area contributed by atoms with Crippen LogP contribution in [0.4, 0.5) is 0 Å². The first kappa shape index (κ1) is 12.5. The van der Waals surface area contributed by atoms with Gasteiger partial charge in [-0.2, -0.15) is 0 Å². The normalized spacial score (nSPS) is 11.2. The van der Waals surface area contributed by atoms with E-state index in [-0.39, 0.29) is 12.6 Å². The SMILES string of the molecule is O=C(OCc1cccnc1)c1cc2c(nc3sccn32)s1. The maximum absolute atomic E-state index is 12.1. The van der Waals surface area contributed by atoms with Gasteiger partial charge in [0.2, 0.25) is 0 Å². The van der Waals surface area contributed by atoms with Crippen LogP contribution >= 0.6 is 22.7 Å². The number of esters is 1. The lowest BCUT2D eigenvalue weighted by atomic mass is 10.3. The van der Waals surface area contributed by atoms with Crippen molar-refractivity contribution in [3.05, 3.63) is 52.6 Å². The van der Waals surface area contributed by atoms with E-state index in [4.69, 9.17) is 4.74 Å². The molecule has 0 saturated heterocycles. The molecule has 21 heavy (non-hydrogen) atoms. The number of thiophene rings is 1. The van der Waals surface area contributed by atoms with E-state index in [2.05, 4.69) is 9.97 Å². The summed E-state index contributed by atoms with van der Waals surface area (Å²) < 4.78 is 7.28. The third-order valence-corrected chi connectivity index (χ3v) is 4.79. The maximum Gasteiger partial charge on any atom is 0.348 e. The topological polar surface area (TPSA) is 56.5 Å². The number of carbonyl (C=O) groups excluding carboxylic acids is 1. The molecule has 0 atom stereocenters. The van der Waals surface area contributed by atoms with Gasteiger partial charge in [-0.1, -0.05) is 6.07 Å². The zero-order chi connectivity index (χ0) is 14.2.